The maximum Gasteiger partial charge on any atom is 0.226 e. The van der Waals surface area contributed by atoms with Gasteiger partial charge in [-0.1, -0.05) is 30.3 Å². The van der Waals surface area contributed by atoms with E-state index in [4.69, 9.17) is 10.00 Å². The highest BCUT2D eigenvalue weighted by atomic mass is 16.5. The third-order valence-electron chi connectivity index (χ3n) is 6.64. The molecule has 0 unspecified atom stereocenters. The lowest BCUT2D eigenvalue weighted by molar-refractivity contribution is -0.133. The van der Waals surface area contributed by atoms with Crippen LogP contribution < -0.4 is 4.74 Å². The second-order valence-corrected chi connectivity index (χ2v) is 8.57. The zero-order valence-electron chi connectivity index (χ0n) is 18.0. The lowest BCUT2D eigenvalue weighted by atomic mass is 9.98. The van der Waals surface area contributed by atoms with Crippen molar-refractivity contribution >= 4 is 5.91 Å². The number of carbonyl (C=O) groups is 1. The fraction of sp³-hybridized carbons (Fsp3) is 0.346. The van der Waals surface area contributed by atoms with Crippen molar-refractivity contribution in [1.29, 1.82) is 5.26 Å². The Balaban J connectivity index is 1.22. The third-order valence-corrected chi connectivity index (χ3v) is 6.64. The summed E-state index contributed by atoms with van der Waals surface area (Å²) in [6.45, 7) is 2.18. The number of carbonyl (C=O) groups excluding carboxylic acids is 1. The molecule has 0 bridgehead atoms. The number of likely N-dealkylation sites (tertiary alicyclic amines) is 1. The summed E-state index contributed by atoms with van der Waals surface area (Å²) >= 11 is 0. The van der Waals surface area contributed by atoms with Crippen LogP contribution in [0.4, 0.5) is 0 Å². The summed E-state index contributed by atoms with van der Waals surface area (Å²) in [4.78, 5) is 19.6. The Morgan fingerprint density at radius 3 is 2.81 bits per heavy atom. The van der Waals surface area contributed by atoms with Gasteiger partial charge in [-0.15, -0.1) is 0 Å². The van der Waals surface area contributed by atoms with Gasteiger partial charge in [0.05, 0.1) is 30.6 Å². The van der Waals surface area contributed by atoms with Crippen molar-refractivity contribution in [3.05, 3.63) is 83.4 Å². The van der Waals surface area contributed by atoms with Gasteiger partial charge in [-0.05, 0) is 43.0 Å². The van der Waals surface area contributed by atoms with Crippen LogP contribution in [-0.4, -0.2) is 33.5 Å². The molecule has 1 fully saturated rings. The summed E-state index contributed by atoms with van der Waals surface area (Å²) in [5.74, 6) is 1.24. The number of aryl methyl sites for hydroxylation is 1. The number of nitriles is 1. The lowest BCUT2D eigenvalue weighted by Gasteiger charge is -2.33. The molecule has 1 saturated heterocycles. The number of hydrogen-bond donors (Lipinski definition) is 0. The minimum Gasteiger partial charge on any atom is -0.493 e. The van der Waals surface area contributed by atoms with Crippen molar-refractivity contribution < 1.29 is 9.53 Å². The first-order valence-corrected chi connectivity index (χ1v) is 11.2. The molecule has 5 rings (SSSR count). The maximum absolute atomic E-state index is 13.2. The number of hydrogen-bond acceptors (Lipinski definition) is 4. The molecule has 6 nitrogen and oxygen atoms in total. The van der Waals surface area contributed by atoms with Gasteiger partial charge in [0.15, 0.2) is 0 Å². The van der Waals surface area contributed by atoms with Gasteiger partial charge in [-0.3, -0.25) is 4.79 Å². The van der Waals surface area contributed by atoms with Gasteiger partial charge in [-0.2, -0.15) is 5.26 Å². The molecule has 2 aliphatic rings. The highest BCUT2D eigenvalue weighted by molar-refractivity contribution is 5.81. The number of imidazole rings is 1. The smallest absolute Gasteiger partial charge is 0.226 e. The number of ether oxygens (including phenoxy) is 1. The zero-order valence-corrected chi connectivity index (χ0v) is 18.0. The van der Waals surface area contributed by atoms with E-state index in [1.54, 1.807) is 0 Å². The summed E-state index contributed by atoms with van der Waals surface area (Å²) in [5, 5.41) is 8.97. The van der Waals surface area contributed by atoms with Crippen LogP contribution in [0.25, 0.3) is 0 Å². The summed E-state index contributed by atoms with van der Waals surface area (Å²) in [6, 6.07) is 18.0. The second kappa shape index (κ2) is 8.88. The van der Waals surface area contributed by atoms with Crippen LogP contribution in [0, 0.1) is 17.2 Å². The Bertz CT molecular complexity index is 1150. The number of nitrogens with zero attached hydrogens (tertiary/aromatic N) is 4. The first kappa shape index (κ1) is 20.3. The summed E-state index contributed by atoms with van der Waals surface area (Å²) in [5.41, 5.74) is 4.06. The molecular formula is C26H26N4O2. The highest BCUT2D eigenvalue weighted by Gasteiger charge is 2.38. The molecule has 1 amide bonds. The van der Waals surface area contributed by atoms with Gasteiger partial charge in [0, 0.05) is 42.9 Å². The molecule has 162 valence electrons. The summed E-state index contributed by atoms with van der Waals surface area (Å²) in [6.07, 6.45) is 7.16. The lowest BCUT2D eigenvalue weighted by Crippen LogP contribution is -2.34. The highest BCUT2D eigenvalue weighted by Crippen LogP contribution is 2.39. The van der Waals surface area contributed by atoms with Crippen molar-refractivity contribution in [3.8, 4) is 11.8 Å². The largest absolute Gasteiger partial charge is 0.493 e. The van der Waals surface area contributed by atoms with Gasteiger partial charge < -0.3 is 14.2 Å². The van der Waals surface area contributed by atoms with Gasteiger partial charge in [-0.25, -0.2) is 4.98 Å². The average Bonchev–Trinajstić information content (AvgIpc) is 3.43. The van der Waals surface area contributed by atoms with E-state index in [2.05, 4.69) is 26.6 Å². The van der Waals surface area contributed by atoms with Crippen LogP contribution in [0.5, 0.6) is 5.75 Å². The van der Waals surface area contributed by atoms with Crippen LogP contribution >= 0.6 is 0 Å². The van der Waals surface area contributed by atoms with Crippen LogP contribution in [0.2, 0.25) is 0 Å². The van der Waals surface area contributed by atoms with Crippen molar-refractivity contribution in [2.75, 3.05) is 13.2 Å². The van der Waals surface area contributed by atoms with Gasteiger partial charge >= 0.3 is 0 Å². The molecule has 2 atom stereocenters. The standard InChI is InChI=1S/C26H26N4O2/c27-15-19-5-7-20(8-6-19)17-29-18-28-16-22(29)10-9-21-11-13-30(26(21)31)24-12-14-32-25-4-2-1-3-23(24)25/h1-8,16,18,21,24H,9-14,17H2/t21-,24+/m0/s1. The van der Waals surface area contributed by atoms with E-state index in [1.807, 2.05) is 55.0 Å². The number of rotatable bonds is 6. The Hall–Kier alpha value is -3.59. The molecule has 0 saturated carbocycles. The number of para-hydroxylation sites is 1. The topological polar surface area (TPSA) is 71.2 Å². The van der Waals surface area contributed by atoms with Gasteiger partial charge in [0.2, 0.25) is 5.91 Å². The Labute approximate surface area is 188 Å². The molecule has 0 radical (unpaired) electrons. The van der Waals surface area contributed by atoms with Crippen LogP contribution in [-0.2, 0) is 17.8 Å². The molecule has 1 aromatic heterocycles. The molecule has 0 N–H and O–H groups in total. The third kappa shape index (κ3) is 3.99. The summed E-state index contributed by atoms with van der Waals surface area (Å²) in [7, 11) is 0. The predicted molar refractivity (Wildman–Crippen MR) is 120 cm³/mol. The van der Waals surface area contributed by atoms with E-state index in [1.165, 1.54) is 0 Å². The minimum absolute atomic E-state index is 0.0586. The van der Waals surface area contributed by atoms with Crippen LogP contribution in [0.15, 0.2) is 61.1 Å². The Kier molecular flexibility index (Phi) is 5.64. The van der Waals surface area contributed by atoms with E-state index < -0.39 is 0 Å². The minimum atomic E-state index is 0.0586. The zero-order chi connectivity index (χ0) is 21.9. The molecule has 2 aromatic carbocycles. The first-order valence-electron chi connectivity index (χ1n) is 11.2. The molecule has 0 spiro atoms. The number of fused-ring (bicyclic) bond motifs is 1. The number of benzene rings is 2. The van der Waals surface area contributed by atoms with E-state index >= 15 is 0 Å². The van der Waals surface area contributed by atoms with Crippen LogP contribution in [0.3, 0.4) is 0 Å². The molecule has 3 aromatic rings. The van der Waals surface area contributed by atoms with E-state index in [0.29, 0.717) is 18.7 Å². The van der Waals surface area contributed by atoms with E-state index in [-0.39, 0.29) is 17.9 Å². The normalized spacial score (nSPS) is 20.0. The fourth-order valence-electron chi connectivity index (χ4n) is 4.89. The molecule has 0 aliphatic carbocycles. The van der Waals surface area contributed by atoms with Crippen molar-refractivity contribution in [1.82, 2.24) is 14.5 Å². The Morgan fingerprint density at radius 1 is 1.12 bits per heavy atom. The Morgan fingerprint density at radius 2 is 1.97 bits per heavy atom. The van der Waals surface area contributed by atoms with Crippen molar-refractivity contribution in [3.63, 3.8) is 0 Å². The number of aromatic nitrogens is 2. The van der Waals surface area contributed by atoms with Gasteiger partial charge in [0.25, 0.3) is 0 Å². The predicted octanol–water partition coefficient (Wildman–Crippen LogP) is 4.11. The maximum atomic E-state index is 13.2. The molecule has 3 heterocycles. The first-order chi connectivity index (χ1) is 15.7. The molecular weight excluding hydrogens is 400 g/mol. The van der Waals surface area contributed by atoms with Crippen molar-refractivity contribution in [2.45, 2.75) is 38.3 Å². The van der Waals surface area contributed by atoms with Gasteiger partial charge in [0.1, 0.15) is 5.75 Å². The van der Waals surface area contributed by atoms with E-state index in [9.17, 15) is 4.79 Å². The second-order valence-electron chi connectivity index (χ2n) is 8.57. The fourth-order valence-corrected chi connectivity index (χ4v) is 4.89. The van der Waals surface area contributed by atoms with E-state index in [0.717, 1.165) is 54.8 Å². The molecule has 2 aliphatic heterocycles. The van der Waals surface area contributed by atoms with Crippen molar-refractivity contribution in [2.24, 2.45) is 5.92 Å². The molecule has 32 heavy (non-hydrogen) atoms. The summed E-state index contributed by atoms with van der Waals surface area (Å²) < 4.78 is 7.92. The van der Waals surface area contributed by atoms with Crippen LogP contribution in [0.1, 0.15) is 47.7 Å². The average molecular weight is 427 g/mol. The molecule has 6 heteroatoms. The number of amides is 1. The monoisotopic (exact) mass is 426 g/mol. The SMILES string of the molecule is N#Cc1ccc(Cn2cncc2CC[C@H]2CCN([C@@H]3CCOc4ccccc43)C2=O)cc1. The quantitative estimate of drug-likeness (QED) is 0.595.